The van der Waals surface area contributed by atoms with Crippen LogP contribution in [0, 0.1) is 5.41 Å². The fourth-order valence-corrected chi connectivity index (χ4v) is 3.07. The maximum atomic E-state index is 12.8. The molecular formula is C17H24O. The topological polar surface area (TPSA) is 17.1 Å². The lowest BCUT2D eigenvalue weighted by Crippen LogP contribution is -2.25. The van der Waals surface area contributed by atoms with Crippen LogP contribution in [0.4, 0.5) is 0 Å². The molecular weight excluding hydrogens is 220 g/mol. The summed E-state index contributed by atoms with van der Waals surface area (Å²) in [7, 11) is 0. The van der Waals surface area contributed by atoms with Crippen LogP contribution >= 0.6 is 0 Å². The van der Waals surface area contributed by atoms with Crippen molar-refractivity contribution in [3.63, 3.8) is 0 Å². The lowest BCUT2D eigenvalue weighted by molar-refractivity contribution is 0.0822. The van der Waals surface area contributed by atoms with Gasteiger partial charge in [-0.05, 0) is 42.9 Å². The Morgan fingerprint density at radius 3 is 2.39 bits per heavy atom. The number of carbonyl (C=O) groups is 1. The maximum Gasteiger partial charge on any atom is 0.169 e. The minimum Gasteiger partial charge on any atom is -0.294 e. The highest BCUT2D eigenvalue weighted by Crippen LogP contribution is 2.41. The van der Waals surface area contributed by atoms with Gasteiger partial charge in [0.1, 0.15) is 0 Å². The van der Waals surface area contributed by atoms with Crippen LogP contribution in [0.2, 0.25) is 0 Å². The molecule has 0 heterocycles. The van der Waals surface area contributed by atoms with Crippen LogP contribution in [0.3, 0.4) is 0 Å². The summed E-state index contributed by atoms with van der Waals surface area (Å²) in [5, 5.41) is 0. The minimum atomic E-state index is -0.101. The molecule has 0 bridgehead atoms. The number of ketones is 1. The van der Waals surface area contributed by atoms with Gasteiger partial charge in [-0.15, -0.1) is 0 Å². The summed E-state index contributed by atoms with van der Waals surface area (Å²) in [6, 6.07) is 6.43. The van der Waals surface area contributed by atoms with E-state index in [0.29, 0.717) is 5.78 Å². The maximum absolute atomic E-state index is 12.8. The second-order valence-corrected chi connectivity index (χ2v) is 5.80. The number of aryl methyl sites for hydroxylation is 2. The molecule has 2 rings (SSSR count). The number of carbonyl (C=O) groups excluding carboxylic acids is 1. The molecule has 0 aliphatic heterocycles. The summed E-state index contributed by atoms with van der Waals surface area (Å²) in [5.41, 5.74) is 3.37. The molecule has 1 aromatic rings. The lowest BCUT2D eigenvalue weighted by atomic mass is 9.79. The zero-order chi connectivity index (χ0) is 13.2. The fourth-order valence-electron chi connectivity index (χ4n) is 3.07. The second kappa shape index (κ2) is 5.26. The van der Waals surface area contributed by atoms with E-state index >= 15 is 0 Å². The first kappa shape index (κ1) is 13.3. The Labute approximate surface area is 111 Å². The molecule has 0 unspecified atom stereocenters. The zero-order valence-electron chi connectivity index (χ0n) is 11.9. The standard InChI is InChI=1S/C17H24O/c1-4-13-8-9-14(5-2)15(12-13)16(18)17(3)10-6-7-11-17/h8-9,12H,4-7,10-11H2,1-3H3. The van der Waals surface area contributed by atoms with Crippen LogP contribution in [-0.4, -0.2) is 5.78 Å². The highest BCUT2D eigenvalue weighted by atomic mass is 16.1. The van der Waals surface area contributed by atoms with Gasteiger partial charge in [-0.1, -0.05) is 45.7 Å². The number of benzene rings is 1. The molecule has 1 fully saturated rings. The normalized spacial score (nSPS) is 17.9. The Morgan fingerprint density at radius 1 is 1.17 bits per heavy atom. The van der Waals surface area contributed by atoms with Crippen molar-refractivity contribution < 1.29 is 4.79 Å². The molecule has 1 saturated carbocycles. The van der Waals surface area contributed by atoms with Crippen molar-refractivity contribution in [2.45, 2.75) is 59.3 Å². The summed E-state index contributed by atoms with van der Waals surface area (Å²) in [5.74, 6) is 0.382. The second-order valence-electron chi connectivity index (χ2n) is 5.80. The third-order valence-corrected chi connectivity index (χ3v) is 4.46. The molecule has 0 amide bonds. The fraction of sp³-hybridized carbons (Fsp3) is 0.588. The van der Waals surface area contributed by atoms with Crippen molar-refractivity contribution in [3.05, 3.63) is 34.9 Å². The van der Waals surface area contributed by atoms with E-state index in [0.717, 1.165) is 31.2 Å². The lowest BCUT2D eigenvalue weighted by Gasteiger charge is -2.23. The monoisotopic (exact) mass is 244 g/mol. The van der Waals surface area contributed by atoms with Gasteiger partial charge in [-0.3, -0.25) is 4.79 Å². The molecule has 1 aromatic carbocycles. The molecule has 18 heavy (non-hydrogen) atoms. The highest BCUT2D eigenvalue weighted by Gasteiger charge is 2.37. The van der Waals surface area contributed by atoms with Crippen molar-refractivity contribution in [1.29, 1.82) is 0 Å². The number of rotatable bonds is 4. The van der Waals surface area contributed by atoms with Crippen molar-refractivity contribution in [1.82, 2.24) is 0 Å². The van der Waals surface area contributed by atoms with E-state index in [2.05, 4.69) is 39.0 Å². The third kappa shape index (κ3) is 2.36. The first-order valence-electron chi connectivity index (χ1n) is 7.27. The van der Waals surface area contributed by atoms with Crippen LogP contribution in [0.1, 0.15) is 67.9 Å². The molecule has 1 aliphatic carbocycles. The zero-order valence-corrected chi connectivity index (χ0v) is 11.9. The van der Waals surface area contributed by atoms with E-state index < -0.39 is 0 Å². The van der Waals surface area contributed by atoms with Gasteiger partial charge in [0.25, 0.3) is 0 Å². The van der Waals surface area contributed by atoms with Gasteiger partial charge >= 0.3 is 0 Å². The van der Waals surface area contributed by atoms with E-state index in [4.69, 9.17) is 0 Å². The first-order valence-corrected chi connectivity index (χ1v) is 7.27. The summed E-state index contributed by atoms with van der Waals surface area (Å²) in [4.78, 5) is 12.8. The number of hydrogen-bond acceptors (Lipinski definition) is 1. The van der Waals surface area contributed by atoms with E-state index in [9.17, 15) is 4.79 Å². The van der Waals surface area contributed by atoms with Crippen molar-refractivity contribution >= 4 is 5.78 Å². The van der Waals surface area contributed by atoms with Gasteiger partial charge in [0.05, 0.1) is 0 Å². The smallest absolute Gasteiger partial charge is 0.169 e. The van der Waals surface area contributed by atoms with Crippen LogP contribution < -0.4 is 0 Å². The average molecular weight is 244 g/mol. The van der Waals surface area contributed by atoms with Gasteiger partial charge in [-0.2, -0.15) is 0 Å². The Bertz CT molecular complexity index is 439. The Balaban J connectivity index is 2.39. The van der Waals surface area contributed by atoms with Crippen LogP contribution in [0.25, 0.3) is 0 Å². The summed E-state index contributed by atoms with van der Waals surface area (Å²) in [6.45, 7) is 6.43. The quantitative estimate of drug-likeness (QED) is 0.709. The Kier molecular flexibility index (Phi) is 3.89. The van der Waals surface area contributed by atoms with Gasteiger partial charge in [0.2, 0.25) is 0 Å². The molecule has 0 saturated heterocycles. The van der Waals surface area contributed by atoms with Gasteiger partial charge in [0.15, 0.2) is 5.78 Å². The van der Waals surface area contributed by atoms with Gasteiger partial charge < -0.3 is 0 Å². The van der Waals surface area contributed by atoms with Crippen LogP contribution in [-0.2, 0) is 12.8 Å². The highest BCUT2D eigenvalue weighted by molar-refractivity contribution is 6.01. The van der Waals surface area contributed by atoms with E-state index in [-0.39, 0.29) is 5.41 Å². The molecule has 98 valence electrons. The predicted octanol–water partition coefficient (Wildman–Crippen LogP) is 4.57. The largest absolute Gasteiger partial charge is 0.294 e. The van der Waals surface area contributed by atoms with E-state index in [1.165, 1.54) is 24.0 Å². The average Bonchev–Trinajstić information content (AvgIpc) is 2.85. The minimum absolute atomic E-state index is 0.101. The third-order valence-electron chi connectivity index (χ3n) is 4.46. The molecule has 0 spiro atoms. The predicted molar refractivity (Wildman–Crippen MR) is 76.1 cm³/mol. The first-order chi connectivity index (χ1) is 8.60. The van der Waals surface area contributed by atoms with E-state index in [1.54, 1.807) is 0 Å². The molecule has 1 heteroatoms. The van der Waals surface area contributed by atoms with Gasteiger partial charge in [0, 0.05) is 11.0 Å². The molecule has 0 radical (unpaired) electrons. The molecule has 1 aliphatic rings. The summed E-state index contributed by atoms with van der Waals surface area (Å²) in [6.07, 6.45) is 6.48. The van der Waals surface area contributed by atoms with Crippen LogP contribution in [0.15, 0.2) is 18.2 Å². The SMILES string of the molecule is CCc1ccc(CC)c(C(=O)C2(C)CCCC2)c1. The van der Waals surface area contributed by atoms with E-state index in [1.807, 2.05) is 0 Å². The van der Waals surface area contributed by atoms with Crippen molar-refractivity contribution in [2.75, 3.05) is 0 Å². The molecule has 0 N–H and O–H groups in total. The van der Waals surface area contributed by atoms with Gasteiger partial charge in [-0.25, -0.2) is 0 Å². The molecule has 0 aromatic heterocycles. The number of Topliss-reactive ketones (excluding diaryl/α,β-unsaturated/α-hetero) is 1. The molecule has 1 nitrogen and oxygen atoms in total. The molecule has 0 atom stereocenters. The summed E-state index contributed by atoms with van der Waals surface area (Å²) >= 11 is 0. The number of hydrogen-bond donors (Lipinski definition) is 0. The van der Waals surface area contributed by atoms with Crippen molar-refractivity contribution in [3.8, 4) is 0 Å². The Morgan fingerprint density at radius 2 is 1.83 bits per heavy atom. The Hall–Kier alpha value is -1.11. The van der Waals surface area contributed by atoms with Crippen LogP contribution in [0.5, 0.6) is 0 Å². The summed E-state index contributed by atoms with van der Waals surface area (Å²) < 4.78 is 0. The van der Waals surface area contributed by atoms with Crippen molar-refractivity contribution in [2.24, 2.45) is 5.41 Å².